The molecule has 3 aliphatic rings. The van der Waals surface area contributed by atoms with E-state index in [0.717, 1.165) is 34.6 Å². The van der Waals surface area contributed by atoms with Crippen molar-refractivity contribution >= 4 is 17.8 Å². The van der Waals surface area contributed by atoms with Gasteiger partial charge in [-0.25, -0.2) is 4.79 Å². The summed E-state index contributed by atoms with van der Waals surface area (Å²) in [4.78, 5) is 38.2. The van der Waals surface area contributed by atoms with Gasteiger partial charge in [0.05, 0.1) is 19.3 Å². The molecule has 1 aromatic carbocycles. The number of benzene rings is 1. The number of hydrogen-bond acceptors (Lipinski definition) is 5. The fraction of sp³-hybridized carbons (Fsp3) is 0.591. The zero-order valence-electron chi connectivity index (χ0n) is 17.7. The first kappa shape index (κ1) is 20.7. The van der Waals surface area contributed by atoms with Crippen molar-refractivity contribution in [3.8, 4) is 5.75 Å². The molecule has 3 heterocycles. The fourth-order valence-corrected chi connectivity index (χ4v) is 4.47. The zero-order chi connectivity index (χ0) is 21.5. The lowest BCUT2D eigenvalue weighted by molar-refractivity contribution is -0.130. The topological polar surface area (TPSA) is 97.0 Å². The molecule has 8 heteroatoms. The van der Waals surface area contributed by atoms with E-state index in [0.29, 0.717) is 19.6 Å². The van der Waals surface area contributed by atoms with E-state index in [1.54, 1.807) is 13.8 Å². The summed E-state index contributed by atoms with van der Waals surface area (Å²) in [7, 11) is 0. The molecule has 2 N–H and O–H groups in total. The molecular formula is C22H29N3O5. The van der Waals surface area contributed by atoms with Crippen LogP contribution < -0.4 is 15.4 Å². The molecule has 2 fully saturated rings. The molecule has 2 saturated heterocycles. The van der Waals surface area contributed by atoms with Gasteiger partial charge in [0, 0.05) is 37.8 Å². The zero-order valence-corrected chi connectivity index (χ0v) is 17.7. The van der Waals surface area contributed by atoms with Crippen molar-refractivity contribution in [2.24, 2.45) is 0 Å². The molecule has 1 spiro atoms. The Morgan fingerprint density at radius 1 is 1.27 bits per heavy atom. The van der Waals surface area contributed by atoms with Gasteiger partial charge in [-0.2, -0.15) is 0 Å². The van der Waals surface area contributed by atoms with E-state index in [1.807, 2.05) is 25.1 Å². The highest BCUT2D eigenvalue weighted by molar-refractivity contribution is 6.06. The van der Waals surface area contributed by atoms with Gasteiger partial charge >= 0.3 is 6.03 Å². The third kappa shape index (κ3) is 3.88. The number of imide groups is 1. The first-order valence-electron chi connectivity index (χ1n) is 10.5. The van der Waals surface area contributed by atoms with Crippen LogP contribution >= 0.6 is 0 Å². The van der Waals surface area contributed by atoms with Gasteiger partial charge in [0.1, 0.15) is 16.9 Å². The van der Waals surface area contributed by atoms with Crippen LogP contribution in [0.15, 0.2) is 18.2 Å². The molecule has 1 unspecified atom stereocenters. The van der Waals surface area contributed by atoms with Gasteiger partial charge in [0.25, 0.3) is 5.91 Å². The Balaban J connectivity index is 1.46. The molecule has 0 saturated carbocycles. The summed E-state index contributed by atoms with van der Waals surface area (Å²) in [6, 6.07) is 5.39. The Labute approximate surface area is 176 Å². The number of amides is 4. The van der Waals surface area contributed by atoms with Crippen molar-refractivity contribution in [3.05, 3.63) is 29.3 Å². The number of ether oxygens (including phenoxy) is 2. The van der Waals surface area contributed by atoms with Crippen LogP contribution in [0.25, 0.3) is 0 Å². The monoisotopic (exact) mass is 415 g/mol. The third-order valence-corrected chi connectivity index (χ3v) is 6.19. The summed E-state index contributed by atoms with van der Waals surface area (Å²) in [5.41, 5.74) is 0.797. The van der Waals surface area contributed by atoms with Crippen LogP contribution in [-0.2, 0) is 14.3 Å². The molecule has 3 aliphatic heterocycles. The molecule has 30 heavy (non-hydrogen) atoms. The third-order valence-electron chi connectivity index (χ3n) is 6.19. The Morgan fingerprint density at radius 2 is 2.00 bits per heavy atom. The molecule has 0 aliphatic carbocycles. The number of rotatable bonds is 4. The highest BCUT2D eigenvalue weighted by Gasteiger charge is 2.45. The Kier molecular flexibility index (Phi) is 5.22. The number of nitrogens with one attached hydrogen (secondary N) is 2. The summed E-state index contributed by atoms with van der Waals surface area (Å²) in [5, 5.41) is 5.75. The van der Waals surface area contributed by atoms with Crippen molar-refractivity contribution in [1.29, 1.82) is 0 Å². The smallest absolute Gasteiger partial charge is 0.325 e. The first-order chi connectivity index (χ1) is 14.2. The van der Waals surface area contributed by atoms with E-state index in [-0.39, 0.29) is 36.4 Å². The van der Waals surface area contributed by atoms with Crippen LogP contribution in [0, 0.1) is 6.92 Å². The van der Waals surface area contributed by atoms with Crippen molar-refractivity contribution in [3.63, 3.8) is 0 Å². The highest BCUT2D eigenvalue weighted by atomic mass is 16.5. The predicted molar refractivity (Wildman–Crippen MR) is 109 cm³/mol. The average Bonchev–Trinajstić information content (AvgIpc) is 2.88. The summed E-state index contributed by atoms with van der Waals surface area (Å²) in [6.45, 7) is 6.66. The number of carbonyl (C=O) groups is 3. The Morgan fingerprint density at radius 3 is 2.67 bits per heavy atom. The number of carbonyl (C=O) groups excluding carboxylic acids is 3. The number of fused-ring (bicyclic) bond motifs is 1. The van der Waals surface area contributed by atoms with E-state index in [9.17, 15) is 14.4 Å². The maximum Gasteiger partial charge on any atom is 0.325 e. The quantitative estimate of drug-likeness (QED) is 0.735. The first-order valence-corrected chi connectivity index (χ1v) is 10.5. The van der Waals surface area contributed by atoms with E-state index < -0.39 is 11.6 Å². The van der Waals surface area contributed by atoms with E-state index in [4.69, 9.17) is 9.47 Å². The van der Waals surface area contributed by atoms with Crippen molar-refractivity contribution in [2.75, 3.05) is 19.8 Å². The van der Waals surface area contributed by atoms with Crippen LogP contribution in [0.1, 0.15) is 56.7 Å². The molecule has 0 radical (unpaired) electrons. The predicted octanol–water partition coefficient (Wildman–Crippen LogP) is 2.20. The van der Waals surface area contributed by atoms with E-state index in [1.165, 1.54) is 0 Å². The second-order valence-electron chi connectivity index (χ2n) is 9.02. The second-order valence-corrected chi connectivity index (χ2v) is 9.02. The maximum absolute atomic E-state index is 12.8. The van der Waals surface area contributed by atoms with Gasteiger partial charge < -0.3 is 20.1 Å². The normalized spacial score (nSPS) is 24.2. The molecule has 0 aromatic heterocycles. The summed E-state index contributed by atoms with van der Waals surface area (Å²) < 4.78 is 11.9. The molecule has 4 amide bonds. The second kappa shape index (κ2) is 7.58. The molecule has 4 rings (SSSR count). The van der Waals surface area contributed by atoms with Gasteiger partial charge in [0.15, 0.2) is 0 Å². The largest absolute Gasteiger partial charge is 0.487 e. The van der Waals surface area contributed by atoms with Gasteiger partial charge in [-0.05, 0) is 26.8 Å². The van der Waals surface area contributed by atoms with Crippen LogP contribution in [0.3, 0.4) is 0 Å². The SMILES string of the molecule is Cc1ccc2c(c1)C(NC(=O)CCN1C(=O)NC(C)(C)C1=O)CC1(CCOCC1)O2. The number of urea groups is 1. The van der Waals surface area contributed by atoms with Crippen molar-refractivity contribution < 1.29 is 23.9 Å². The number of nitrogens with zero attached hydrogens (tertiary/aromatic N) is 1. The van der Waals surface area contributed by atoms with E-state index in [2.05, 4.69) is 10.6 Å². The standard InChI is InChI=1S/C22H29N3O5/c1-14-4-5-17-15(12-14)16(13-22(30-17)7-10-29-11-8-22)23-18(26)6-9-25-19(27)21(2,3)24-20(25)28/h4-5,12,16H,6-11,13H2,1-3H3,(H,23,26)(H,24,28). The van der Waals surface area contributed by atoms with Crippen LogP contribution in [0.4, 0.5) is 4.79 Å². The number of aryl methyl sites for hydroxylation is 1. The molecule has 162 valence electrons. The van der Waals surface area contributed by atoms with Crippen LogP contribution in [0.5, 0.6) is 5.75 Å². The minimum absolute atomic E-state index is 0.0583. The van der Waals surface area contributed by atoms with E-state index >= 15 is 0 Å². The summed E-state index contributed by atoms with van der Waals surface area (Å²) in [6.07, 6.45) is 2.30. The lowest BCUT2D eigenvalue weighted by atomic mass is 9.81. The van der Waals surface area contributed by atoms with Gasteiger partial charge in [-0.3, -0.25) is 14.5 Å². The molecule has 0 bridgehead atoms. The minimum atomic E-state index is -0.930. The molecule has 1 aromatic rings. The molecule has 1 atom stereocenters. The Bertz CT molecular complexity index is 876. The van der Waals surface area contributed by atoms with Crippen LogP contribution in [-0.4, -0.2) is 53.6 Å². The van der Waals surface area contributed by atoms with Crippen molar-refractivity contribution in [2.45, 2.75) is 63.6 Å². The summed E-state index contributed by atoms with van der Waals surface area (Å²) in [5.74, 6) is 0.297. The van der Waals surface area contributed by atoms with Crippen molar-refractivity contribution in [1.82, 2.24) is 15.5 Å². The lowest BCUT2D eigenvalue weighted by Gasteiger charge is -2.44. The molecular weight excluding hydrogens is 386 g/mol. The Hall–Kier alpha value is -2.61. The minimum Gasteiger partial charge on any atom is -0.487 e. The lowest BCUT2D eigenvalue weighted by Crippen LogP contribution is -2.49. The number of hydrogen-bond donors (Lipinski definition) is 2. The molecule has 8 nitrogen and oxygen atoms in total. The van der Waals surface area contributed by atoms with Gasteiger partial charge in [-0.15, -0.1) is 0 Å². The highest BCUT2D eigenvalue weighted by Crippen LogP contribution is 2.44. The fourth-order valence-electron chi connectivity index (χ4n) is 4.47. The maximum atomic E-state index is 12.8. The average molecular weight is 415 g/mol. The van der Waals surface area contributed by atoms with Crippen LogP contribution in [0.2, 0.25) is 0 Å². The van der Waals surface area contributed by atoms with Gasteiger partial charge in [-0.1, -0.05) is 17.7 Å². The summed E-state index contributed by atoms with van der Waals surface area (Å²) >= 11 is 0. The van der Waals surface area contributed by atoms with Gasteiger partial charge in [0.2, 0.25) is 5.91 Å².